The average molecular weight is 267 g/mol. The van der Waals surface area contributed by atoms with E-state index in [2.05, 4.69) is 14.4 Å². The summed E-state index contributed by atoms with van der Waals surface area (Å²) in [6, 6.07) is 3.24. The van der Waals surface area contributed by atoms with Gasteiger partial charge in [-0.2, -0.15) is 0 Å². The lowest BCUT2D eigenvalue weighted by Crippen LogP contribution is -2.15. The summed E-state index contributed by atoms with van der Waals surface area (Å²) in [5.41, 5.74) is 7.67. The van der Waals surface area contributed by atoms with Gasteiger partial charge >= 0.3 is 0 Å². The van der Waals surface area contributed by atoms with Crippen molar-refractivity contribution in [2.24, 2.45) is 0 Å². The zero-order valence-electron chi connectivity index (χ0n) is 9.97. The molecule has 0 amide bonds. The van der Waals surface area contributed by atoms with Gasteiger partial charge in [0.1, 0.15) is 12.0 Å². The van der Waals surface area contributed by atoms with E-state index in [1.807, 2.05) is 0 Å². The predicted octanol–water partition coefficient (Wildman–Crippen LogP) is 1.67. The van der Waals surface area contributed by atoms with Gasteiger partial charge in [0, 0.05) is 5.69 Å². The lowest BCUT2D eigenvalue weighted by Gasteiger charge is -2.12. The Bertz CT molecular complexity index is 640. The normalized spacial score (nSPS) is 11.4. The molecule has 0 aliphatic carbocycles. The van der Waals surface area contributed by atoms with Crippen molar-refractivity contribution in [3.63, 3.8) is 0 Å². The fourth-order valence-electron chi connectivity index (χ4n) is 1.87. The summed E-state index contributed by atoms with van der Waals surface area (Å²) in [6.45, 7) is 3.40. The highest BCUT2D eigenvalue weighted by Gasteiger charge is 2.20. The van der Waals surface area contributed by atoms with Crippen LogP contribution in [0.4, 0.5) is 11.4 Å². The number of nitrogens with two attached hydrogens (primary N) is 1. The van der Waals surface area contributed by atoms with E-state index in [1.165, 1.54) is 12.5 Å². The third-order valence-corrected chi connectivity index (χ3v) is 4.12. The molecule has 0 aliphatic heterocycles. The van der Waals surface area contributed by atoms with E-state index in [-0.39, 0.29) is 10.6 Å². The van der Waals surface area contributed by atoms with E-state index >= 15 is 0 Å². The third-order valence-electron chi connectivity index (χ3n) is 2.44. The van der Waals surface area contributed by atoms with Crippen LogP contribution >= 0.6 is 0 Å². The van der Waals surface area contributed by atoms with Gasteiger partial charge in [0.15, 0.2) is 0 Å². The summed E-state index contributed by atoms with van der Waals surface area (Å²) in [7, 11) is -3.67. The van der Waals surface area contributed by atoms with Crippen molar-refractivity contribution < 1.29 is 12.9 Å². The first-order chi connectivity index (χ1) is 8.40. The molecule has 0 aliphatic rings. The second-order valence-electron chi connectivity index (χ2n) is 4.00. The minimum atomic E-state index is -3.67. The quantitative estimate of drug-likeness (QED) is 0.824. The standard InChI is InChI=1S/C11H13N3O3S/c1-7-3-9(12)4-8(2)11(7)18(15,16)14-10-5-13-17-6-10/h3-6,14H,12H2,1-2H3. The number of hydrogen-bond donors (Lipinski definition) is 2. The van der Waals surface area contributed by atoms with Crippen LogP contribution < -0.4 is 10.5 Å². The Morgan fingerprint density at radius 3 is 2.39 bits per heavy atom. The van der Waals surface area contributed by atoms with E-state index in [0.29, 0.717) is 16.8 Å². The van der Waals surface area contributed by atoms with Crippen molar-refractivity contribution in [1.82, 2.24) is 5.16 Å². The second kappa shape index (κ2) is 4.34. The minimum Gasteiger partial charge on any atom is -0.399 e. The number of aromatic nitrogens is 1. The van der Waals surface area contributed by atoms with Crippen LogP contribution in [0.15, 0.2) is 34.0 Å². The largest absolute Gasteiger partial charge is 0.399 e. The van der Waals surface area contributed by atoms with Gasteiger partial charge in [-0.25, -0.2) is 8.42 Å². The molecule has 18 heavy (non-hydrogen) atoms. The molecule has 0 spiro atoms. The lowest BCUT2D eigenvalue weighted by atomic mass is 10.1. The summed E-state index contributed by atoms with van der Waals surface area (Å²) in [6.07, 6.45) is 2.51. The molecule has 3 N–H and O–H groups in total. The van der Waals surface area contributed by atoms with Crippen LogP contribution in [0.25, 0.3) is 0 Å². The number of sulfonamides is 1. The number of nitrogens with one attached hydrogen (secondary N) is 1. The first-order valence-electron chi connectivity index (χ1n) is 5.19. The minimum absolute atomic E-state index is 0.220. The molecular formula is C11H13N3O3S. The summed E-state index contributed by atoms with van der Waals surface area (Å²) in [5.74, 6) is 0. The molecule has 96 valence electrons. The van der Waals surface area contributed by atoms with Gasteiger partial charge in [0.05, 0.1) is 11.1 Å². The van der Waals surface area contributed by atoms with Crippen LogP contribution in [0, 0.1) is 13.8 Å². The maximum absolute atomic E-state index is 12.2. The Morgan fingerprint density at radius 2 is 1.89 bits per heavy atom. The molecule has 1 aromatic heterocycles. The van der Waals surface area contributed by atoms with Crippen LogP contribution in [0.5, 0.6) is 0 Å². The lowest BCUT2D eigenvalue weighted by molar-refractivity contribution is 0.420. The van der Waals surface area contributed by atoms with Crippen molar-refractivity contribution in [2.45, 2.75) is 18.7 Å². The number of hydrogen-bond acceptors (Lipinski definition) is 5. The van der Waals surface area contributed by atoms with Crippen LogP contribution in [0.2, 0.25) is 0 Å². The zero-order valence-corrected chi connectivity index (χ0v) is 10.8. The summed E-state index contributed by atoms with van der Waals surface area (Å²) in [5, 5.41) is 3.44. The maximum Gasteiger partial charge on any atom is 0.262 e. The molecule has 6 nitrogen and oxygen atoms in total. The van der Waals surface area contributed by atoms with E-state index < -0.39 is 10.0 Å². The van der Waals surface area contributed by atoms with Gasteiger partial charge in [-0.15, -0.1) is 0 Å². The summed E-state index contributed by atoms with van der Waals surface area (Å²) < 4.78 is 31.4. The molecule has 0 radical (unpaired) electrons. The van der Waals surface area contributed by atoms with E-state index in [4.69, 9.17) is 5.73 Å². The molecule has 1 heterocycles. The number of nitrogens with zero attached hydrogens (tertiary/aromatic N) is 1. The van der Waals surface area contributed by atoms with Gasteiger partial charge in [0.2, 0.25) is 0 Å². The van der Waals surface area contributed by atoms with Crippen molar-refractivity contribution in [3.05, 3.63) is 35.7 Å². The Hall–Kier alpha value is -2.02. The molecule has 0 unspecified atom stereocenters. The highest BCUT2D eigenvalue weighted by molar-refractivity contribution is 7.92. The molecule has 0 saturated heterocycles. The third kappa shape index (κ3) is 2.30. The number of benzene rings is 1. The predicted molar refractivity (Wildman–Crippen MR) is 67.6 cm³/mol. The Morgan fingerprint density at radius 1 is 1.28 bits per heavy atom. The average Bonchev–Trinajstić information content (AvgIpc) is 2.66. The Balaban J connectivity index is 2.48. The second-order valence-corrected chi connectivity index (χ2v) is 5.62. The van der Waals surface area contributed by atoms with E-state index in [0.717, 1.165) is 0 Å². The maximum atomic E-state index is 12.2. The summed E-state index contributed by atoms with van der Waals surface area (Å²) in [4.78, 5) is 0.220. The van der Waals surface area contributed by atoms with Crippen LogP contribution in [0.1, 0.15) is 11.1 Å². The fourth-order valence-corrected chi connectivity index (χ4v) is 3.35. The highest BCUT2D eigenvalue weighted by Crippen LogP contribution is 2.25. The van der Waals surface area contributed by atoms with Gasteiger partial charge in [-0.1, -0.05) is 5.16 Å². The number of rotatable bonds is 3. The topological polar surface area (TPSA) is 98.2 Å². The van der Waals surface area contributed by atoms with Gasteiger partial charge in [-0.05, 0) is 37.1 Å². The number of aryl methyl sites for hydroxylation is 2. The van der Waals surface area contributed by atoms with Crippen molar-refractivity contribution in [2.75, 3.05) is 10.5 Å². The molecule has 0 atom stereocenters. The highest BCUT2D eigenvalue weighted by atomic mass is 32.2. The van der Waals surface area contributed by atoms with E-state index in [9.17, 15) is 8.42 Å². The Labute approximate surface area is 105 Å². The molecule has 1 aromatic carbocycles. The number of nitrogen functional groups attached to an aromatic ring is 1. The first-order valence-corrected chi connectivity index (χ1v) is 6.67. The fraction of sp³-hybridized carbons (Fsp3) is 0.182. The summed E-state index contributed by atoms with van der Waals surface area (Å²) >= 11 is 0. The molecule has 0 fully saturated rings. The zero-order chi connectivity index (χ0) is 13.3. The van der Waals surface area contributed by atoms with Gasteiger partial charge in [0.25, 0.3) is 10.0 Å². The van der Waals surface area contributed by atoms with Gasteiger partial charge in [-0.3, -0.25) is 4.72 Å². The van der Waals surface area contributed by atoms with Crippen LogP contribution in [-0.2, 0) is 10.0 Å². The van der Waals surface area contributed by atoms with Crippen molar-refractivity contribution in [3.8, 4) is 0 Å². The van der Waals surface area contributed by atoms with E-state index in [1.54, 1.807) is 26.0 Å². The molecule has 0 bridgehead atoms. The van der Waals surface area contributed by atoms with Crippen molar-refractivity contribution >= 4 is 21.4 Å². The molecular weight excluding hydrogens is 254 g/mol. The molecule has 7 heteroatoms. The smallest absolute Gasteiger partial charge is 0.262 e. The molecule has 2 rings (SSSR count). The van der Waals surface area contributed by atoms with Crippen LogP contribution in [-0.4, -0.2) is 13.6 Å². The monoisotopic (exact) mass is 267 g/mol. The first kappa shape index (κ1) is 12.4. The number of anilines is 2. The van der Waals surface area contributed by atoms with Gasteiger partial charge < -0.3 is 10.3 Å². The molecule has 2 aromatic rings. The SMILES string of the molecule is Cc1cc(N)cc(C)c1S(=O)(=O)Nc1cnoc1. The Kier molecular flexibility index (Phi) is 3.00. The van der Waals surface area contributed by atoms with Crippen molar-refractivity contribution in [1.29, 1.82) is 0 Å². The molecule has 0 saturated carbocycles. The van der Waals surface area contributed by atoms with Crippen LogP contribution in [0.3, 0.4) is 0 Å².